The van der Waals surface area contributed by atoms with E-state index < -0.39 is 10.8 Å². The van der Waals surface area contributed by atoms with E-state index in [1.54, 1.807) is 25.4 Å². The molecule has 8 nitrogen and oxygen atoms in total. The third kappa shape index (κ3) is 3.94. The number of pyridine rings is 1. The molecule has 2 N–H and O–H groups in total. The monoisotopic (exact) mass is 316 g/mol. The Balaban J connectivity index is 2.16. The zero-order chi connectivity index (χ0) is 16.8. The fraction of sp³-hybridized carbons (Fsp3) is 0.200. The summed E-state index contributed by atoms with van der Waals surface area (Å²) in [6.07, 6.45) is 1.58. The van der Waals surface area contributed by atoms with Gasteiger partial charge in [0.1, 0.15) is 0 Å². The summed E-state index contributed by atoms with van der Waals surface area (Å²) in [5.74, 6) is 0.0387. The first kappa shape index (κ1) is 16.2. The number of aromatic nitrogens is 1. The van der Waals surface area contributed by atoms with Gasteiger partial charge < -0.3 is 15.4 Å². The number of nitro groups is 1. The van der Waals surface area contributed by atoms with Crippen LogP contribution in [0.15, 0.2) is 36.5 Å². The van der Waals surface area contributed by atoms with Gasteiger partial charge in [0.25, 0.3) is 11.6 Å². The molecule has 1 aromatic carbocycles. The highest BCUT2D eigenvalue weighted by atomic mass is 16.6. The minimum absolute atomic E-state index is 0.139. The number of rotatable bonds is 6. The normalized spacial score (nSPS) is 10.0. The fourth-order valence-corrected chi connectivity index (χ4v) is 2.00. The van der Waals surface area contributed by atoms with Gasteiger partial charge >= 0.3 is 0 Å². The van der Waals surface area contributed by atoms with E-state index in [2.05, 4.69) is 15.6 Å². The Morgan fingerprint density at radius 1 is 1.35 bits per heavy atom. The van der Waals surface area contributed by atoms with Gasteiger partial charge in [0.05, 0.1) is 17.6 Å². The Morgan fingerprint density at radius 2 is 2.13 bits per heavy atom. The van der Waals surface area contributed by atoms with Crippen molar-refractivity contribution in [2.24, 2.45) is 0 Å². The maximum atomic E-state index is 12.3. The maximum absolute atomic E-state index is 12.3. The molecule has 2 rings (SSSR count). The number of carbonyl (C=O) groups excluding carboxylic acids is 1. The van der Waals surface area contributed by atoms with Crippen LogP contribution in [0.25, 0.3) is 0 Å². The Labute approximate surface area is 132 Å². The predicted molar refractivity (Wildman–Crippen MR) is 84.6 cm³/mol. The topological polar surface area (TPSA) is 106 Å². The smallest absolute Gasteiger partial charge is 0.270 e. The third-order valence-electron chi connectivity index (χ3n) is 3.19. The lowest BCUT2D eigenvalue weighted by molar-refractivity contribution is -0.384. The average molecular weight is 316 g/mol. The van der Waals surface area contributed by atoms with Gasteiger partial charge in [-0.1, -0.05) is 0 Å². The lowest BCUT2D eigenvalue weighted by Crippen LogP contribution is -2.24. The molecule has 0 bridgehead atoms. The van der Waals surface area contributed by atoms with Crippen molar-refractivity contribution in [2.75, 3.05) is 19.5 Å². The molecular formula is C15H16N4O4. The number of amides is 1. The summed E-state index contributed by atoms with van der Waals surface area (Å²) in [6, 6.07) is 7.54. The van der Waals surface area contributed by atoms with Crippen LogP contribution in [-0.2, 0) is 6.54 Å². The van der Waals surface area contributed by atoms with Crippen molar-refractivity contribution in [2.45, 2.75) is 6.54 Å². The van der Waals surface area contributed by atoms with Gasteiger partial charge in [0.2, 0.25) is 5.88 Å². The second-order valence-corrected chi connectivity index (χ2v) is 4.63. The van der Waals surface area contributed by atoms with Crippen molar-refractivity contribution < 1.29 is 14.5 Å². The number of anilines is 1. The van der Waals surface area contributed by atoms with E-state index >= 15 is 0 Å². The summed E-state index contributed by atoms with van der Waals surface area (Å²) < 4.78 is 5.02. The van der Waals surface area contributed by atoms with Gasteiger partial charge in [-0.2, -0.15) is 0 Å². The van der Waals surface area contributed by atoms with E-state index in [1.807, 2.05) is 0 Å². The highest BCUT2D eigenvalue weighted by Crippen LogP contribution is 2.22. The number of ether oxygens (including phenoxy) is 1. The number of nitrogens with one attached hydrogen (secondary N) is 2. The molecule has 0 aliphatic heterocycles. The van der Waals surface area contributed by atoms with Crippen LogP contribution in [0.3, 0.4) is 0 Å². The molecule has 8 heteroatoms. The number of carbonyl (C=O) groups is 1. The second-order valence-electron chi connectivity index (χ2n) is 4.63. The highest BCUT2D eigenvalue weighted by Gasteiger charge is 2.16. The van der Waals surface area contributed by atoms with Crippen LogP contribution in [-0.4, -0.2) is 30.0 Å². The average Bonchev–Trinajstić information content (AvgIpc) is 2.59. The number of hydrogen-bond acceptors (Lipinski definition) is 6. The van der Waals surface area contributed by atoms with E-state index in [9.17, 15) is 14.9 Å². The van der Waals surface area contributed by atoms with Crippen LogP contribution >= 0.6 is 0 Å². The maximum Gasteiger partial charge on any atom is 0.270 e. The molecule has 23 heavy (non-hydrogen) atoms. The molecule has 0 spiro atoms. The Morgan fingerprint density at radius 3 is 2.78 bits per heavy atom. The zero-order valence-corrected chi connectivity index (χ0v) is 12.7. The molecule has 0 atom stereocenters. The Kier molecular flexibility index (Phi) is 5.08. The number of non-ortho nitro benzene ring substituents is 1. The van der Waals surface area contributed by atoms with Crippen LogP contribution < -0.4 is 15.4 Å². The number of nitro benzene ring substituents is 1. The number of hydrogen-bond donors (Lipinski definition) is 2. The van der Waals surface area contributed by atoms with Crippen molar-refractivity contribution in [3.8, 4) is 5.88 Å². The minimum atomic E-state index is -0.538. The molecule has 0 fully saturated rings. The first-order valence-corrected chi connectivity index (χ1v) is 6.78. The number of nitrogens with zero attached hydrogens (tertiary/aromatic N) is 2. The molecule has 0 aliphatic carbocycles. The summed E-state index contributed by atoms with van der Waals surface area (Å²) in [5, 5.41) is 16.4. The lowest BCUT2D eigenvalue weighted by Gasteiger charge is -2.10. The van der Waals surface area contributed by atoms with Gasteiger partial charge in [-0.25, -0.2) is 4.98 Å². The van der Waals surface area contributed by atoms with Gasteiger partial charge in [-0.05, 0) is 17.7 Å². The fourth-order valence-electron chi connectivity index (χ4n) is 2.00. The summed E-state index contributed by atoms with van der Waals surface area (Å²) in [5.41, 5.74) is 1.39. The molecule has 1 heterocycles. The second kappa shape index (κ2) is 7.21. The molecule has 0 radical (unpaired) electrons. The van der Waals surface area contributed by atoms with Gasteiger partial charge in [0.15, 0.2) is 0 Å². The van der Waals surface area contributed by atoms with Crippen molar-refractivity contribution in [1.29, 1.82) is 0 Å². The van der Waals surface area contributed by atoms with Crippen molar-refractivity contribution >= 4 is 17.3 Å². The van der Waals surface area contributed by atoms with E-state index in [0.717, 1.165) is 5.56 Å². The van der Waals surface area contributed by atoms with Crippen LogP contribution in [0.1, 0.15) is 15.9 Å². The summed E-state index contributed by atoms with van der Waals surface area (Å²) in [6.45, 7) is 0.254. The molecule has 0 saturated carbocycles. The molecule has 2 aromatic rings. The van der Waals surface area contributed by atoms with Crippen LogP contribution in [0.5, 0.6) is 5.88 Å². The molecule has 1 aromatic heterocycles. The van der Waals surface area contributed by atoms with Crippen molar-refractivity contribution in [3.05, 3.63) is 57.8 Å². The molecule has 1 amide bonds. The van der Waals surface area contributed by atoms with Crippen molar-refractivity contribution in [1.82, 2.24) is 10.3 Å². The largest absolute Gasteiger partial charge is 0.481 e. The summed E-state index contributed by atoms with van der Waals surface area (Å²) in [4.78, 5) is 26.6. The van der Waals surface area contributed by atoms with Crippen LogP contribution in [0.4, 0.5) is 11.4 Å². The Hall–Kier alpha value is -3.16. The van der Waals surface area contributed by atoms with E-state index in [0.29, 0.717) is 11.6 Å². The highest BCUT2D eigenvalue weighted by molar-refractivity contribution is 6.00. The third-order valence-corrected chi connectivity index (χ3v) is 3.19. The molecular weight excluding hydrogens is 300 g/mol. The lowest BCUT2D eigenvalue weighted by atomic mass is 10.1. The number of benzene rings is 1. The van der Waals surface area contributed by atoms with E-state index in [4.69, 9.17) is 4.74 Å². The van der Waals surface area contributed by atoms with Gasteiger partial charge in [-0.3, -0.25) is 14.9 Å². The quantitative estimate of drug-likeness (QED) is 0.623. The van der Waals surface area contributed by atoms with E-state index in [-0.39, 0.29) is 17.8 Å². The minimum Gasteiger partial charge on any atom is -0.481 e. The van der Waals surface area contributed by atoms with Crippen LogP contribution in [0, 0.1) is 10.1 Å². The van der Waals surface area contributed by atoms with Gasteiger partial charge in [-0.15, -0.1) is 0 Å². The first-order valence-electron chi connectivity index (χ1n) is 6.78. The molecule has 120 valence electrons. The first-order chi connectivity index (χ1) is 11.0. The van der Waals surface area contributed by atoms with Crippen LogP contribution in [0.2, 0.25) is 0 Å². The SMILES string of the molecule is CNc1ccc([N+](=O)[O-])cc1C(=O)NCc1ccnc(OC)c1. The predicted octanol–water partition coefficient (Wildman–Crippen LogP) is 1.97. The van der Waals surface area contributed by atoms with Gasteiger partial charge in [0, 0.05) is 43.7 Å². The summed E-state index contributed by atoms with van der Waals surface area (Å²) >= 11 is 0. The zero-order valence-electron chi connectivity index (χ0n) is 12.7. The molecule has 0 unspecified atom stereocenters. The Bertz CT molecular complexity index is 733. The van der Waals surface area contributed by atoms with Crippen molar-refractivity contribution in [3.63, 3.8) is 0 Å². The molecule has 0 saturated heterocycles. The van der Waals surface area contributed by atoms with E-state index in [1.165, 1.54) is 25.3 Å². The standard InChI is InChI=1S/C15H16N4O4/c1-16-13-4-3-11(19(21)22)8-12(13)15(20)18-9-10-5-6-17-14(7-10)23-2/h3-8,16H,9H2,1-2H3,(H,18,20). The molecule has 0 aliphatic rings. The summed E-state index contributed by atoms with van der Waals surface area (Å²) in [7, 11) is 3.15. The number of methoxy groups -OCH3 is 1.